The molecule has 6 nitrogen and oxygen atoms in total. The van der Waals surface area contributed by atoms with Crippen molar-refractivity contribution in [1.82, 2.24) is 5.32 Å². The van der Waals surface area contributed by atoms with Crippen LogP contribution < -0.4 is 14.8 Å². The van der Waals surface area contributed by atoms with Crippen molar-refractivity contribution < 1.29 is 23.8 Å². The van der Waals surface area contributed by atoms with Gasteiger partial charge in [0.2, 0.25) is 0 Å². The van der Waals surface area contributed by atoms with Gasteiger partial charge in [0.1, 0.15) is 0 Å². The number of rotatable bonds is 7. The molecule has 0 aliphatic heterocycles. The molecule has 0 saturated heterocycles. The van der Waals surface area contributed by atoms with Gasteiger partial charge in [0, 0.05) is 6.04 Å². The second-order valence-corrected chi connectivity index (χ2v) is 6.84. The van der Waals surface area contributed by atoms with Crippen molar-refractivity contribution >= 4 is 23.5 Å². The largest absolute Gasteiger partial charge is 0.493 e. The van der Waals surface area contributed by atoms with Crippen LogP contribution >= 0.6 is 11.6 Å². The summed E-state index contributed by atoms with van der Waals surface area (Å²) < 4.78 is 15.7. The van der Waals surface area contributed by atoms with Crippen molar-refractivity contribution in [1.29, 1.82) is 0 Å². The van der Waals surface area contributed by atoms with Crippen LogP contribution in [-0.4, -0.2) is 38.2 Å². The van der Waals surface area contributed by atoms with Crippen molar-refractivity contribution in [2.24, 2.45) is 5.92 Å². The molecule has 1 fully saturated rings. The Morgan fingerprint density at radius 2 is 2.00 bits per heavy atom. The lowest BCUT2D eigenvalue weighted by molar-refractivity contribution is -0.125. The highest BCUT2D eigenvalue weighted by Crippen LogP contribution is 2.36. The van der Waals surface area contributed by atoms with E-state index in [0.29, 0.717) is 24.0 Å². The predicted octanol–water partition coefficient (Wildman–Crippen LogP) is 3.60. The highest BCUT2D eigenvalue weighted by atomic mass is 35.5. The molecule has 0 spiro atoms. The van der Waals surface area contributed by atoms with Gasteiger partial charge in [0.15, 0.2) is 18.1 Å². The minimum absolute atomic E-state index is 0.148. The monoisotopic (exact) mass is 383 g/mol. The molecular formula is C19H26ClNO5. The van der Waals surface area contributed by atoms with Gasteiger partial charge in [-0.1, -0.05) is 31.4 Å². The second-order valence-electron chi connectivity index (χ2n) is 6.43. The molecule has 1 N–H and O–H groups in total. The molecule has 2 atom stereocenters. The predicted molar refractivity (Wildman–Crippen MR) is 99.0 cm³/mol. The Bertz CT molecular complexity index is 649. The maximum absolute atomic E-state index is 12.2. The summed E-state index contributed by atoms with van der Waals surface area (Å²) in [6.45, 7) is 4.04. The summed E-state index contributed by atoms with van der Waals surface area (Å²) in [5.74, 6) is 0.225. The zero-order valence-electron chi connectivity index (χ0n) is 15.5. The van der Waals surface area contributed by atoms with Gasteiger partial charge in [0.25, 0.3) is 5.91 Å². The van der Waals surface area contributed by atoms with Crippen LogP contribution in [0.25, 0.3) is 0 Å². The van der Waals surface area contributed by atoms with Gasteiger partial charge >= 0.3 is 5.97 Å². The lowest BCUT2D eigenvalue weighted by Gasteiger charge is -2.29. The lowest BCUT2D eigenvalue weighted by Crippen LogP contribution is -2.42. The molecule has 1 aliphatic carbocycles. The average molecular weight is 384 g/mol. The first kappa shape index (κ1) is 20.4. The minimum atomic E-state index is -0.639. The van der Waals surface area contributed by atoms with Gasteiger partial charge in [0.05, 0.1) is 24.3 Å². The van der Waals surface area contributed by atoms with Crippen molar-refractivity contribution in [3.8, 4) is 11.5 Å². The fourth-order valence-electron chi connectivity index (χ4n) is 3.12. The quantitative estimate of drug-likeness (QED) is 0.728. The van der Waals surface area contributed by atoms with Crippen LogP contribution in [0, 0.1) is 5.92 Å². The molecule has 2 rings (SSSR count). The average Bonchev–Trinajstić information content (AvgIpc) is 2.63. The van der Waals surface area contributed by atoms with E-state index in [-0.39, 0.29) is 29.1 Å². The molecule has 0 heterocycles. The molecule has 7 heteroatoms. The van der Waals surface area contributed by atoms with Gasteiger partial charge < -0.3 is 19.5 Å². The van der Waals surface area contributed by atoms with Crippen LogP contribution in [0.4, 0.5) is 0 Å². The normalized spacial score (nSPS) is 19.5. The summed E-state index contributed by atoms with van der Waals surface area (Å²) in [6, 6.07) is 3.08. The van der Waals surface area contributed by atoms with Crippen LogP contribution in [-0.2, 0) is 9.53 Å². The number of methoxy groups -OCH3 is 1. The van der Waals surface area contributed by atoms with Gasteiger partial charge in [-0.2, -0.15) is 0 Å². The Hall–Kier alpha value is -1.95. The van der Waals surface area contributed by atoms with E-state index in [2.05, 4.69) is 12.2 Å². The summed E-state index contributed by atoms with van der Waals surface area (Å²) in [5, 5.41) is 3.20. The van der Waals surface area contributed by atoms with E-state index in [0.717, 1.165) is 19.3 Å². The molecule has 1 aromatic rings. The highest BCUT2D eigenvalue weighted by Gasteiger charge is 2.23. The number of ether oxygens (including phenoxy) is 3. The lowest BCUT2D eigenvalue weighted by atomic mass is 9.86. The molecule has 1 saturated carbocycles. The minimum Gasteiger partial charge on any atom is -0.493 e. The van der Waals surface area contributed by atoms with E-state index in [9.17, 15) is 9.59 Å². The molecule has 0 unspecified atom stereocenters. The zero-order valence-corrected chi connectivity index (χ0v) is 16.2. The van der Waals surface area contributed by atoms with E-state index in [1.54, 1.807) is 0 Å². The van der Waals surface area contributed by atoms with E-state index in [1.807, 2.05) is 6.92 Å². The number of carbonyl (C=O) groups is 2. The van der Waals surface area contributed by atoms with E-state index < -0.39 is 5.97 Å². The number of carbonyl (C=O) groups excluding carboxylic acids is 2. The fraction of sp³-hybridized carbons (Fsp3) is 0.579. The van der Waals surface area contributed by atoms with Crippen molar-refractivity contribution in [2.75, 3.05) is 20.3 Å². The molecule has 26 heavy (non-hydrogen) atoms. The number of hydrogen-bond donors (Lipinski definition) is 1. The maximum atomic E-state index is 12.2. The van der Waals surface area contributed by atoms with Crippen LogP contribution in [0.5, 0.6) is 11.5 Å². The number of nitrogens with one attached hydrogen (secondary N) is 1. The topological polar surface area (TPSA) is 73.9 Å². The van der Waals surface area contributed by atoms with Crippen LogP contribution in [0.1, 0.15) is 49.9 Å². The highest BCUT2D eigenvalue weighted by molar-refractivity contribution is 6.32. The molecule has 0 bridgehead atoms. The summed E-state index contributed by atoms with van der Waals surface area (Å²) >= 11 is 6.15. The summed E-state index contributed by atoms with van der Waals surface area (Å²) in [7, 11) is 1.46. The molecule has 1 amide bonds. The maximum Gasteiger partial charge on any atom is 0.338 e. The molecule has 0 radical (unpaired) electrons. The van der Waals surface area contributed by atoms with Crippen LogP contribution in [0.3, 0.4) is 0 Å². The fourth-order valence-corrected chi connectivity index (χ4v) is 3.38. The molecule has 144 valence electrons. The standard InChI is InChI=1S/C19H26ClNO5/c1-4-25-18-14(20)9-13(10-16(18)24-3)19(23)26-11-17(22)21-15-8-6-5-7-12(15)2/h9-10,12,15H,4-8,11H2,1-3H3,(H,21,22)/t12-,15-/m0/s1. The number of esters is 1. The first-order valence-electron chi connectivity index (χ1n) is 8.93. The Kier molecular flexibility index (Phi) is 7.57. The Labute approximate surface area is 159 Å². The Morgan fingerprint density at radius 3 is 2.65 bits per heavy atom. The molecular weight excluding hydrogens is 358 g/mol. The van der Waals surface area contributed by atoms with Gasteiger partial charge in [-0.05, 0) is 37.8 Å². The summed E-state index contributed by atoms with van der Waals surface area (Å²) in [4.78, 5) is 24.3. The third kappa shape index (κ3) is 5.27. The Morgan fingerprint density at radius 1 is 1.27 bits per heavy atom. The number of benzene rings is 1. The Balaban J connectivity index is 1.94. The number of hydrogen-bond acceptors (Lipinski definition) is 5. The van der Waals surface area contributed by atoms with Gasteiger partial charge in [-0.15, -0.1) is 0 Å². The summed E-state index contributed by atoms with van der Waals surface area (Å²) in [6.07, 6.45) is 4.38. The van der Waals surface area contributed by atoms with E-state index in [4.69, 9.17) is 25.8 Å². The third-order valence-electron chi connectivity index (χ3n) is 4.55. The third-order valence-corrected chi connectivity index (χ3v) is 4.83. The van der Waals surface area contributed by atoms with Crippen molar-refractivity contribution in [2.45, 2.75) is 45.6 Å². The van der Waals surface area contributed by atoms with Gasteiger partial charge in [-0.3, -0.25) is 4.79 Å². The SMILES string of the molecule is CCOc1c(Cl)cc(C(=O)OCC(=O)N[C@H]2CCCC[C@@H]2C)cc1OC. The van der Waals surface area contributed by atoms with Gasteiger partial charge in [-0.25, -0.2) is 4.79 Å². The van der Waals surface area contributed by atoms with Crippen molar-refractivity contribution in [3.63, 3.8) is 0 Å². The molecule has 0 aromatic heterocycles. The first-order chi connectivity index (χ1) is 12.5. The number of halogens is 1. The zero-order chi connectivity index (χ0) is 19.1. The number of amides is 1. The summed E-state index contributed by atoms with van der Waals surface area (Å²) in [5.41, 5.74) is 0.203. The first-order valence-corrected chi connectivity index (χ1v) is 9.30. The molecule has 1 aromatic carbocycles. The van der Waals surface area contributed by atoms with Crippen LogP contribution in [0.15, 0.2) is 12.1 Å². The molecule has 1 aliphatic rings. The smallest absolute Gasteiger partial charge is 0.338 e. The van der Waals surface area contributed by atoms with E-state index >= 15 is 0 Å². The van der Waals surface area contributed by atoms with Crippen LogP contribution in [0.2, 0.25) is 5.02 Å². The second kappa shape index (κ2) is 9.67. The van der Waals surface area contributed by atoms with E-state index in [1.165, 1.54) is 25.7 Å². The van der Waals surface area contributed by atoms with Crippen molar-refractivity contribution in [3.05, 3.63) is 22.7 Å².